The topological polar surface area (TPSA) is 49.9 Å². The molecule has 1 saturated carbocycles. The second-order valence-electron chi connectivity index (χ2n) is 8.48. The van der Waals surface area contributed by atoms with Crippen molar-refractivity contribution in [2.75, 3.05) is 20.2 Å². The van der Waals surface area contributed by atoms with Crippen molar-refractivity contribution < 1.29 is 18.7 Å². The summed E-state index contributed by atoms with van der Waals surface area (Å²) in [5.41, 5.74) is 2.51. The van der Waals surface area contributed by atoms with Gasteiger partial charge >= 0.3 is 0 Å². The van der Waals surface area contributed by atoms with Crippen LogP contribution < -0.4 is 4.74 Å². The lowest BCUT2D eigenvalue weighted by atomic mass is 9.93. The molecule has 0 radical (unpaired) electrons. The number of rotatable bonds is 6. The second kappa shape index (κ2) is 8.98. The molecule has 0 bridgehead atoms. The fourth-order valence-corrected chi connectivity index (χ4v) is 5.38. The highest BCUT2D eigenvalue weighted by Gasteiger charge is 2.38. The fourth-order valence-electron chi connectivity index (χ4n) is 4.48. The molecule has 0 saturated heterocycles. The molecule has 1 unspecified atom stereocenters. The third kappa shape index (κ3) is 4.37. The molecule has 7 heteroatoms. The summed E-state index contributed by atoms with van der Waals surface area (Å²) in [5, 5.41) is 2.04. The highest BCUT2D eigenvalue weighted by molar-refractivity contribution is 7.10. The minimum Gasteiger partial charge on any atom is -0.497 e. The highest BCUT2D eigenvalue weighted by Crippen LogP contribution is 2.38. The Labute approximate surface area is 196 Å². The quantitative estimate of drug-likeness (QED) is 0.533. The molecule has 2 aliphatic rings. The maximum absolute atomic E-state index is 13.6. The summed E-state index contributed by atoms with van der Waals surface area (Å²) in [6.07, 6.45) is 2.60. The van der Waals surface area contributed by atoms with Crippen molar-refractivity contribution >= 4 is 23.2 Å². The Morgan fingerprint density at radius 2 is 1.82 bits per heavy atom. The van der Waals surface area contributed by atoms with E-state index in [2.05, 4.69) is 6.07 Å². The maximum atomic E-state index is 13.6. The van der Waals surface area contributed by atoms with E-state index in [1.165, 1.54) is 17.0 Å². The van der Waals surface area contributed by atoms with Gasteiger partial charge in [0.1, 0.15) is 18.1 Å². The molecule has 2 aromatic carbocycles. The first-order valence-corrected chi connectivity index (χ1v) is 12.0. The number of hydrogen-bond acceptors (Lipinski definition) is 4. The number of halogens is 1. The second-order valence-corrected chi connectivity index (χ2v) is 9.48. The summed E-state index contributed by atoms with van der Waals surface area (Å²) in [6.45, 7) is 0.607. The van der Waals surface area contributed by atoms with Crippen LogP contribution in [0.1, 0.15) is 45.2 Å². The van der Waals surface area contributed by atoms with Crippen LogP contribution in [0.4, 0.5) is 4.39 Å². The van der Waals surface area contributed by atoms with Crippen molar-refractivity contribution in [1.82, 2.24) is 9.80 Å². The average molecular weight is 465 g/mol. The minimum absolute atomic E-state index is 0.0344. The van der Waals surface area contributed by atoms with Crippen LogP contribution in [0.5, 0.6) is 5.75 Å². The van der Waals surface area contributed by atoms with E-state index in [1.54, 1.807) is 59.7 Å². The predicted molar refractivity (Wildman–Crippen MR) is 125 cm³/mol. The van der Waals surface area contributed by atoms with Gasteiger partial charge in [-0.3, -0.25) is 9.59 Å². The first-order valence-electron chi connectivity index (χ1n) is 11.1. The van der Waals surface area contributed by atoms with Gasteiger partial charge in [0.05, 0.1) is 13.2 Å². The zero-order valence-corrected chi connectivity index (χ0v) is 19.2. The summed E-state index contributed by atoms with van der Waals surface area (Å²) in [5.74, 6) is 0.153. The van der Waals surface area contributed by atoms with Gasteiger partial charge in [-0.15, -0.1) is 11.3 Å². The van der Waals surface area contributed by atoms with E-state index in [-0.39, 0.29) is 36.3 Å². The lowest BCUT2D eigenvalue weighted by Crippen LogP contribution is -2.47. The van der Waals surface area contributed by atoms with Crippen molar-refractivity contribution in [2.24, 2.45) is 0 Å². The van der Waals surface area contributed by atoms with E-state index in [4.69, 9.17) is 4.74 Å². The number of fused-ring (bicyclic) bond motifs is 1. The molecule has 2 heterocycles. The Hall–Kier alpha value is -3.19. The lowest BCUT2D eigenvalue weighted by Gasteiger charge is -2.37. The Bertz CT molecular complexity index is 1160. The normalized spacial score (nSPS) is 17.4. The van der Waals surface area contributed by atoms with Gasteiger partial charge in [-0.05, 0) is 78.2 Å². The third-order valence-corrected chi connectivity index (χ3v) is 7.36. The minimum atomic E-state index is -0.303. The molecule has 33 heavy (non-hydrogen) atoms. The summed E-state index contributed by atoms with van der Waals surface area (Å²) in [4.78, 5) is 31.7. The van der Waals surface area contributed by atoms with E-state index in [0.717, 1.165) is 30.4 Å². The van der Waals surface area contributed by atoms with Gasteiger partial charge in [-0.2, -0.15) is 0 Å². The van der Waals surface area contributed by atoms with Crippen molar-refractivity contribution in [1.29, 1.82) is 0 Å². The largest absolute Gasteiger partial charge is 0.497 e. The number of hydrogen-bond donors (Lipinski definition) is 0. The summed E-state index contributed by atoms with van der Waals surface area (Å²) >= 11 is 1.69. The number of benzene rings is 2. The molecule has 5 rings (SSSR count). The van der Waals surface area contributed by atoms with E-state index in [1.807, 2.05) is 10.3 Å². The first kappa shape index (κ1) is 21.6. The van der Waals surface area contributed by atoms with Gasteiger partial charge in [0, 0.05) is 23.0 Å². The number of ether oxygens (including phenoxy) is 1. The smallest absolute Gasteiger partial charge is 0.254 e. The number of amides is 2. The third-order valence-electron chi connectivity index (χ3n) is 6.36. The first-order chi connectivity index (χ1) is 16.0. The Morgan fingerprint density at radius 3 is 2.48 bits per heavy atom. The zero-order chi connectivity index (χ0) is 22.9. The molecule has 2 amide bonds. The van der Waals surface area contributed by atoms with E-state index < -0.39 is 0 Å². The van der Waals surface area contributed by atoms with Crippen LogP contribution in [0.25, 0.3) is 0 Å². The number of methoxy groups -OCH3 is 1. The molecule has 5 nitrogen and oxygen atoms in total. The van der Waals surface area contributed by atoms with Crippen molar-refractivity contribution in [3.8, 4) is 5.75 Å². The van der Waals surface area contributed by atoms with Crippen LogP contribution in [-0.4, -0.2) is 47.9 Å². The van der Waals surface area contributed by atoms with Crippen molar-refractivity contribution in [2.45, 2.75) is 31.3 Å². The molecule has 0 N–H and O–H groups in total. The van der Waals surface area contributed by atoms with Gasteiger partial charge in [0.25, 0.3) is 5.91 Å². The summed E-state index contributed by atoms with van der Waals surface area (Å²) < 4.78 is 18.8. The molecule has 1 fully saturated rings. The van der Waals surface area contributed by atoms with Gasteiger partial charge in [-0.25, -0.2) is 4.39 Å². The number of carbonyl (C=O) groups is 2. The molecule has 170 valence electrons. The number of nitrogens with zero attached hydrogens (tertiary/aromatic N) is 2. The van der Waals surface area contributed by atoms with Crippen LogP contribution in [0.15, 0.2) is 60.0 Å². The monoisotopic (exact) mass is 464 g/mol. The van der Waals surface area contributed by atoms with Crippen LogP contribution in [0, 0.1) is 5.82 Å². The van der Waals surface area contributed by atoms with Crippen molar-refractivity contribution in [3.05, 3.63) is 87.4 Å². The standard InChI is InChI=1S/C26H25FN2O3S/c1-32-21-10-4-18(5-11-21)26(31)29(20-8-9-20)16-24(30)28-14-12-23-22(13-15-33-23)25(28)17-2-6-19(27)7-3-17/h2-7,10-11,13,15,20,25H,8-9,12,14,16H2,1H3. The summed E-state index contributed by atoms with van der Waals surface area (Å²) in [7, 11) is 1.58. The van der Waals surface area contributed by atoms with Gasteiger partial charge in [-0.1, -0.05) is 12.1 Å². The molecule has 1 aliphatic carbocycles. The number of carbonyl (C=O) groups excluding carboxylic acids is 2. The molecule has 3 aromatic rings. The lowest BCUT2D eigenvalue weighted by molar-refractivity contribution is -0.134. The Kier molecular flexibility index (Phi) is 5.89. The maximum Gasteiger partial charge on any atom is 0.254 e. The number of thiophene rings is 1. The molecular weight excluding hydrogens is 439 g/mol. The van der Waals surface area contributed by atoms with Gasteiger partial charge in [0.2, 0.25) is 5.91 Å². The van der Waals surface area contributed by atoms with Gasteiger partial charge < -0.3 is 14.5 Å². The zero-order valence-electron chi connectivity index (χ0n) is 18.4. The molecular formula is C26H25FN2O3S. The fraction of sp³-hybridized carbons (Fsp3) is 0.308. The molecule has 1 atom stereocenters. The van der Waals surface area contributed by atoms with E-state index in [9.17, 15) is 14.0 Å². The highest BCUT2D eigenvalue weighted by atomic mass is 32.1. The van der Waals surface area contributed by atoms with Crippen molar-refractivity contribution in [3.63, 3.8) is 0 Å². The summed E-state index contributed by atoms with van der Waals surface area (Å²) in [6, 6.07) is 15.2. The van der Waals surface area contributed by atoms with E-state index in [0.29, 0.717) is 17.9 Å². The van der Waals surface area contributed by atoms with Crippen LogP contribution in [0.3, 0.4) is 0 Å². The molecule has 0 spiro atoms. The van der Waals surface area contributed by atoms with Crippen LogP contribution >= 0.6 is 11.3 Å². The molecule has 1 aliphatic heterocycles. The van der Waals surface area contributed by atoms with Gasteiger partial charge in [0.15, 0.2) is 0 Å². The average Bonchev–Trinajstić information content (AvgIpc) is 3.57. The predicted octanol–water partition coefficient (Wildman–Crippen LogP) is 4.67. The van der Waals surface area contributed by atoms with E-state index >= 15 is 0 Å². The van der Waals surface area contributed by atoms with Crippen LogP contribution in [-0.2, 0) is 11.2 Å². The molecule has 1 aromatic heterocycles. The SMILES string of the molecule is COc1ccc(C(=O)N(CC(=O)N2CCc3sccc3C2c2ccc(F)cc2)C2CC2)cc1. The Morgan fingerprint density at radius 1 is 1.09 bits per heavy atom. The Balaban J connectivity index is 1.40. The van der Waals surface area contributed by atoms with Crippen LogP contribution in [0.2, 0.25) is 0 Å².